The lowest BCUT2D eigenvalue weighted by Crippen LogP contribution is -2.28. The third-order valence-electron chi connectivity index (χ3n) is 1.89. The molecule has 0 spiro atoms. The summed E-state index contributed by atoms with van der Waals surface area (Å²) in [5, 5.41) is 9.05. The van der Waals surface area contributed by atoms with Crippen LogP contribution in [0.3, 0.4) is 0 Å². The molecule has 84 valence electrons. The van der Waals surface area contributed by atoms with Gasteiger partial charge in [-0.2, -0.15) is 0 Å². The first-order chi connectivity index (χ1) is 7.17. The van der Waals surface area contributed by atoms with Gasteiger partial charge in [0.1, 0.15) is 5.70 Å². The molecule has 0 aliphatic rings. The van der Waals surface area contributed by atoms with Gasteiger partial charge in [-0.3, -0.25) is 0 Å². The standard InChI is InChI=1S/C12H19NO2/c1-4-7-8-11(12(14)15)13(9-5-2)10-6-3/h5-6,8H,2-4,7,9-10H2,1H3,(H,14,15)/b11-8+. The van der Waals surface area contributed by atoms with Gasteiger partial charge in [0.05, 0.1) is 0 Å². The lowest BCUT2D eigenvalue weighted by molar-refractivity contribution is -0.134. The number of carboxylic acids is 1. The molecule has 1 N–H and O–H groups in total. The van der Waals surface area contributed by atoms with Crippen molar-refractivity contribution in [2.45, 2.75) is 19.8 Å². The van der Waals surface area contributed by atoms with Gasteiger partial charge in [0.25, 0.3) is 0 Å². The van der Waals surface area contributed by atoms with Crippen LogP contribution in [0.5, 0.6) is 0 Å². The predicted molar refractivity (Wildman–Crippen MR) is 62.6 cm³/mol. The van der Waals surface area contributed by atoms with Crippen LogP contribution in [0.4, 0.5) is 0 Å². The van der Waals surface area contributed by atoms with E-state index in [1.54, 1.807) is 23.1 Å². The van der Waals surface area contributed by atoms with Crippen molar-refractivity contribution in [1.82, 2.24) is 4.90 Å². The molecule has 0 saturated heterocycles. The minimum Gasteiger partial charge on any atom is -0.477 e. The number of rotatable bonds is 8. The van der Waals surface area contributed by atoms with E-state index in [9.17, 15) is 4.79 Å². The molecule has 0 aromatic rings. The molecular weight excluding hydrogens is 190 g/mol. The number of carbonyl (C=O) groups is 1. The molecule has 0 aliphatic heterocycles. The summed E-state index contributed by atoms with van der Waals surface area (Å²) in [7, 11) is 0. The summed E-state index contributed by atoms with van der Waals surface area (Å²) in [6, 6.07) is 0. The number of hydrogen-bond acceptors (Lipinski definition) is 2. The summed E-state index contributed by atoms with van der Waals surface area (Å²) >= 11 is 0. The van der Waals surface area contributed by atoms with Crippen LogP contribution >= 0.6 is 0 Å². The molecule has 0 aromatic carbocycles. The van der Waals surface area contributed by atoms with Crippen LogP contribution in [0, 0.1) is 0 Å². The van der Waals surface area contributed by atoms with Gasteiger partial charge >= 0.3 is 5.97 Å². The summed E-state index contributed by atoms with van der Waals surface area (Å²) in [5.74, 6) is -0.896. The average molecular weight is 209 g/mol. The van der Waals surface area contributed by atoms with Gasteiger partial charge < -0.3 is 10.0 Å². The lowest BCUT2D eigenvalue weighted by atomic mass is 10.2. The van der Waals surface area contributed by atoms with Gasteiger partial charge in [0.2, 0.25) is 0 Å². The second kappa shape index (κ2) is 7.85. The average Bonchev–Trinajstić information content (AvgIpc) is 2.18. The monoisotopic (exact) mass is 209 g/mol. The second-order valence-electron chi connectivity index (χ2n) is 3.17. The number of unbranched alkanes of at least 4 members (excludes halogenated alkanes) is 1. The highest BCUT2D eigenvalue weighted by atomic mass is 16.4. The van der Waals surface area contributed by atoms with E-state index in [2.05, 4.69) is 13.2 Å². The van der Waals surface area contributed by atoms with Gasteiger partial charge in [-0.05, 0) is 6.42 Å². The van der Waals surface area contributed by atoms with Crippen molar-refractivity contribution in [3.63, 3.8) is 0 Å². The number of nitrogens with zero attached hydrogens (tertiary/aromatic N) is 1. The fourth-order valence-electron chi connectivity index (χ4n) is 1.22. The molecule has 0 bridgehead atoms. The normalized spacial score (nSPS) is 10.9. The molecular formula is C12H19NO2. The Labute approximate surface area is 91.4 Å². The quantitative estimate of drug-likeness (QED) is 0.493. The highest BCUT2D eigenvalue weighted by molar-refractivity contribution is 5.85. The molecule has 0 rings (SSSR count). The van der Waals surface area contributed by atoms with E-state index in [1.165, 1.54) is 0 Å². The van der Waals surface area contributed by atoms with Crippen molar-refractivity contribution in [2.75, 3.05) is 13.1 Å². The van der Waals surface area contributed by atoms with Gasteiger partial charge in [0, 0.05) is 13.1 Å². The summed E-state index contributed by atoms with van der Waals surface area (Å²) in [6.07, 6.45) is 6.83. The Balaban J connectivity index is 4.72. The molecule has 15 heavy (non-hydrogen) atoms. The third-order valence-corrected chi connectivity index (χ3v) is 1.89. The van der Waals surface area contributed by atoms with Crippen LogP contribution in [-0.2, 0) is 4.79 Å². The van der Waals surface area contributed by atoms with E-state index in [4.69, 9.17) is 5.11 Å². The second-order valence-corrected chi connectivity index (χ2v) is 3.17. The summed E-state index contributed by atoms with van der Waals surface area (Å²) in [5.41, 5.74) is 0.330. The number of hydrogen-bond donors (Lipinski definition) is 1. The van der Waals surface area contributed by atoms with E-state index in [0.29, 0.717) is 18.8 Å². The van der Waals surface area contributed by atoms with Crippen molar-refractivity contribution in [3.05, 3.63) is 37.1 Å². The van der Waals surface area contributed by atoms with Crippen molar-refractivity contribution in [2.24, 2.45) is 0 Å². The molecule has 0 saturated carbocycles. The van der Waals surface area contributed by atoms with Crippen LogP contribution in [-0.4, -0.2) is 29.1 Å². The first-order valence-electron chi connectivity index (χ1n) is 5.07. The van der Waals surface area contributed by atoms with Gasteiger partial charge in [-0.25, -0.2) is 4.79 Å². The number of aliphatic carboxylic acids is 1. The Morgan fingerprint density at radius 3 is 2.20 bits per heavy atom. The molecule has 0 heterocycles. The Bertz CT molecular complexity index is 246. The van der Waals surface area contributed by atoms with Gasteiger partial charge in [-0.1, -0.05) is 31.6 Å². The minimum atomic E-state index is -0.896. The van der Waals surface area contributed by atoms with Crippen molar-refractivity contribution in [3.8, 4) is 0 Å². The smallest absolute Gasteiger partial charge is 0.351 e. The number of allylic oxidation sites excluding steroid dienone is 1. The SMILES string of the molecule is C=CCN(CC=C)/C(=C/CCC)C(=O)O. The van der Waals surface area contributed by atoms with Crippen LogP contribution < -0.4 is 0 Å². The summed E-state index contributed by atoms with van der Waals surface area (Å²) in [4.78, 5) is 12.8. The van der Waals surface area contributed by atoms with Gasteiger partial charge in [-0.15, -0.1) is 13.2 Å². The van der Waals surface area contributed by atoms with E-state index >= 15 is 0 Å². The van der Waals surface area contributed by atoms with Crippen LogP contribution in [0.25, 0.3) is 0 Å². The van der Waals surface area contributed by atoms with Crippen molar-refractivity contribution < 1.29 is 9.90 Å². The van der Waals surface area contributed by atoms with Gasteiger partial charge in [0.15, 0.2) is 0 Å². The third kappa shape index (κ3) is 5.05. The predicted octanol–water partition coefficient (Wildman–Crippen LogP) is 2.43. The maximum atomic E-state index is 11.0. The Kier molecular flexibility index (Phi) is 7.06. The van der Waals surface area contributed by atoms with E-state index in [0.717, 1.165) is 12.8 Å². The Morgan fingerprint density at radius 2 is 1.87 bits per heavy atom. The van der Waals surface area contributed by atoms with E-state index < -0.39 is 5.97 Å². The van der Waals surface area contributed by atoms with E-state index in [1.807, 2.05) is 6.92 Å². The van der Waals surface area contributed by atoms with Crippen molar-refractivity contribution in [1.29, 1.82) is 0 Å². The van der Waals surface area contributed by atoms with Crippen LogP contribution in [0.2, 0.25) is 0 Å². The summed E-state index contributed by atoms with van der Waals surface area (Å²) in [6.45, 7) is 10.3. The van der Waals surface area contributed by atoms with Crippen LogP contribution in [0.15, 0.2) is 37.1 Å². The van der Waals surface area contributed by atoms with Crippen molar-refractivity contribution >= 4 is 5.97 Å². The minimum absolute atomic E-state index is 0.330. The fourth-order valence-corrected chi connectivity index (χ4v) is 1.22. The fraction of sp³-hybridized carbons (Fsp3) is 0.417. The Hall–Kier alpha value is -1.51. The first-order valence-corrected chi connectivity index (χ1v) is 5.07. The maximum absolute atomic E-state index is 11.0. The zero-order valence-corrected chi connectivity index (χ0v) is 9.28. The lowest BCUT2D eigenvalue weighted by Gasteiger charge is -2.21. The molecule has 0 aromatic heterocycles. The topological polar surface area (TPSA) is 40.5 Å². The summed E-state index contributed by atoms with van der Waals surface area (Å²) < 4.78 is 0. The highest BCUT2D eigenvalue weighted by Gasteiger charge is 2.13. The zero-order chi connectivity index (χ0) is 11.7. The molecule has 0 amide bonds. The molecule has 0 aliphatic carbocycles. The molecule has 3 nitrogen and oxygen atoms in total. The largest absolute Gasteiger partial charge is 0.477 e. The van der Waals surface area contributed by atoms with E-state index in [-0.39, 0.29) is 0 Å². The number of carboxylic acid groups (broad SMARTS) is 1. The van der Waals surface area contributed by atoms with Crippen LogP contribution in [0.1, 0.15) is 19.8 Å². The molecule has 0 unspecified atom stereocenters. The first kappa shape index (κ1) is 13.5. The maximum Gasteiger partial charge on any atom is 0.351 e. The molecule has 0 fully saturated rings. The molecule has 0 atom stereocenters. The molecule has 0 radical (unpaired) electrons. The zero-order valence-electron chi connectivity index (χ0n) is 9.28. The molecule has 3 heteroatoms. The Morgan fingerprint density at radius 1 is 1.33 bits per heavy atom. The highest BCUT2D eigenvalue weighted by Crippen LogP contribution is 2.07.